The van der Waals surface area contributed by atoms with Crippen LogP contribution in [0, 0.1) is 29.6 Å². The van der Waals surface area contributed by atoms with Crippen molar-refractivity contribution >= 4 is 11.5 Å². The molecule has 1 heterocycles. The zero-order valence-corrected chi connectivity index (χ0v) is 10.8. The zero-order valence-electron chi connectivity index (χ0n) is 10.8. The third-order valence-electron chi connectivity index (χ3n) is 2.93. The Hall–Kier alpha value is -2.85. The average molecular weight is 248 g/mol. The number of benzene rings is 1. The van der Waals surface area contributed by atoms with E-state index in [-0.39, 0.29) is 0 Å². The summed E-state index contributed by atoms with van der Waals surface area (Å²) in [7, 11) is 1.83. The maximum atomic E-state index is 9.23. The van der Waals surface area contributed by atoms with E-state index in [9.17, 15) is 5.26 Å². The molecule has 0 saturated carbocycles. The fourth-order valence-corrected chi connectivity index (χ4v) is 1.84. The summed E-state index contributed by atoms with van der Waals surface area (Å²) in [5.74, 6) is 0.595. The van der Waals surface area contributed by atoms with Crippen molar-refractivity contribution in [2.45, 2.75) is 6.92 Å². The minimum atomic E-state index is 0.548. The molecule has 4 heteroatoms. The molecule has 0 aliphatic rings. The zero-order chi connectivity index (χ0) is 13.8. The van der Waals surface area contributed by atoms with Gasteiger partial charge in [-0.1, -0.05) is 6.07 Å². The fraction of sp³-hybridized carbons (Fsp3) is 0.133. The monoisotopic (exact) mass is 248 g/mol. The van der Waals surface area contributed by atoms with Gasteiger partial charge in [-0.2, -0.15) is 10.5 Å². The summed E-state index contributed by atoms with van der Waals surface area (Å²) in [5.41, 5.74) is 2.84. The van der Waals surface area contributed by atoms with E-state index in [1.165, 1.54) is 0 Å². The van der Waals surface area contributed by atoms with Gasteiger partial charge in [0.05, 0.1) is 17.2 Å². The van der Waals surface area contributed by atoms with Crippen molar-refractivity contribution in [3.8, 4) is 12.1 Å². The highest BCUT2D eigenvalue weighted by molar-refractivity contribution is 5.67. The Labute approximate surface area is 112 Å². The third kappa shape index (κ3) is 2.38. The van der Waals surface area contributed by atoms with Crippen LogP contribution in [0.15, 0.2) is 36.5 Å². The summed E-state index contributed by atoms with van der Waals surface area (Å²) in [4.78, 5) is 6.07. The van der Waals surface area contributed by atoms with Crippen LogP contribution in [-0.2, 0) is 0 Å². The smallest absolute Gasteiger partial charge is 0.150 e. The van der Waals surface area contributed by atoms with Crippen molar-refractivity contribution < 1.29 is 0 Å². The van der Waals surface area contributed by atoms with Gasteiger partial charge in [-0.3, -0.25) is 0 Å². The summed E-state index contributed by atoms with van der Waals surface area (Å²) in [6, 6.07) is 13.3. The van der Waals surface area contributed by atoms with Crippen molar-refractivity contribution in [2.75, 3.05) is 11.9 Å². The number of anilines is 2. The molecular weight excluding hydrogens is 236 g/mol. The molecule has 19 heavy (non-hydrogen) atoms. The standard InChI is InChI=1S/C15H12N4/c1-11-6-7-18-15(14(11)10-17)19(2)13-5-3-4-12(8-13)9-16/h3-8H,1-2H3. The van der Waals surface area contributed by atoms with Gasteiger partial charge in [-0.05, 0) is 36.8 Å². The third-order valence-corrected chi connectivity index (χ3v) is 2.93. The Morgan fingerprint density at radius 1 is 1.16 bits per heavy atom. The molecule has 0 radical (unpaired) electrons. The molecule has 2 rings (SSSR count). The van der Waals surface area contributed by atoms with Crippen LogP contribution in [-0.4, -0.2) is 12.0 Å². The number of nitriles is 2. The molecule has 0 atom stereocenters. The van der Waals surface area contributed by atoms with Gasteiger partial charge in [0.1, 0.15) is 6.07 Å². The predicted octanol–water partition coefficient (Wildman–Crippen LogP) is 2.90. The topological polar surface area (TPSA) is 63.7 Å². The first-order valence-corrected chi connectivity index (χ1v) is 5.77. The Balaban J connectivity index is 2.51. The molecule has 0 saturated heterocycles. The molecule has 0 spiro atoms. The first-order valence-electron chi connectivity index (χ1n) is 5.77. The Bertz CT molecular complexity index is 692. The minimum Gasteiger partial charge on any atom is -0.328 e. The maximum Gasteiger partial charge on any atom is 0.150 e. The second-order valence-electron chi connectivity index (χ2n) is 4.16. The Morgan fingerprint density at radius 2 is 1.95 bits per heavy atom. The van der Waals surface area contributed by atoms with E-state index in [0.29, 0.717) is 16.9 Å². The number of pyridine rings is 1. The van der Waals surface area contributed by atoms with Gasteiger partial charge in [0, 0.05) is 18.9 Å². The van der Waals surface area contributed by atoms with E-state index >= 15 is 0 Å². The maximum absolute atomic E-state index is 9.23. The van der Waals surface area contributed by atoms with Crippen LogP contribution in [0.2, 0.25) is 0 Å². The summed E-state index contributed by atoms with van der Waals surface area (Å²) >= 11 is 0. The second kappa shape index (κ2) is 5.20. The molecule has 0 N–H and O–H groups in total. The quantitative estimate of drug-likeness (QED) is 0.819. The minimum absolute atomic E-state index is 0.548. The van der Waals surface area contributed by atoms with Crippen molar-refractivity contribution in [3.05, 3.63) is 53.2 Å². The summed E-state index contributed by atoms with van der Waals surface area (Å²) in [5, 5.41) is 18.1. The van der Waals surface area contributed by atoms with Crippen molar-refractivity contribution in [2.24, 2.45) is 0 Å². The molecule has 0 aliphatic carbocycles. The number of aromatic nitrogens is 1. The molecule has 2 aromatic rings. The molecule has 1 aromatic carbocycles. The number of aryl methyl sites for hydroxylation is 1. The molecule has 0 fully saturated rings. The summed E-state index contributed by atoms with van der Waals surface area (Å²) < 4.78 is 0. The lowest BCUT2D eigenvalue weighted by Crippen LogP contribution is -2.13. The van der Waals surface area contributed by atoms with Crippen LogP contribution in [0.5, 0.6) is 0 Å². The van der Waals surface area contributed by atoms with Crippen LogP contribution in [0.3, 0.4) is 0 Å². The van der Waals surface area contributed by atoms with Crippen molar-refractivity contribution in [3.63, 3.8) is 0 Å². The number of nitrogens with zero attached hydrogens (tertiary/aromatic N) is 4. The molecule has 0 bridgehead atoms. The van der Waals surface area contributed by atoms with E-state index in [2.05, 4.69) is 17.1 Å². The number of hydrogen-bond acceptors (Lipinski definition) is 4. The molecule has 4 nitrogen and oxygen atoms in total. The van der Waals surface area contributed by atoms with Gasteiger partial charge >= 0.3 is 0 Å². The lowest BCUT2D eigenvalue weighted by atomic mass is 10.1. The number of hydrogen-bond donors (Lipinski definition) is 0. The largest absolute Gasteiger partial charge is 0.328 e. The highest BCUT2D eigenvalue weighted by atomic mass is 15.2. The SMILES string of the molecule is Cc1ccnc(N(C)c2cccc(C#N)c2)c1C#N. The molecule has 1 aromatic heterocycles. The molecule has 0 aliphatic heterocycles. The lowest BCUT2D eigenvalue weighted by molar-refractivity contribution is 1.10. The van der Waals surface area contributed by atoms with E-state index in [1.807, 2.05) is 37.1 Å². The van der Waals surface area contributed by atoms with Gasteiger partial charge in [-0.15, -0.1) is 0 Å². The van der Waals surface area contributed by atoms with E-state index in [4.69, 9.17) is 5.26 Å². The van der Waals surface area contributed by atoms with E-state index in [1.54, 1.807) is 18.3 Å². The van der Waals surface area contributed by atoms with Crippen LogP contribution in [0.4, 0.5) is 11.5 Å². The van der Waals surface area contributed by atoms with Crippen molar-refractivity contribution in [1.29, 1.82) is 10.5 Å². The predicted molar refractivity (Wildman–Crippen MR) is 72.9 cm³/mol. The molecule has 0 amide bonds. The lowest BCUT2D eigenvalue weighted by Gasteiger charge is -2.20. The normalized spacial score (nSPS) is 9.47. The van der Waals surface area contributed by atoms with E-state index in [0.717, 1.165) is 11.3 Å². The van der Waals surface area contributed by atoms with Crippen molar-refractivity contribution in [1.82, 2.24) is 4.98 Å². The van der Waals surface area contributed by atoms with Gasteiger partial charge < -0.3 is 4.90 Å². The summed E-state index contributed by atoms with van der Waals surface area (Å²) in [6.45, 7) is 1.88. The van der Waals surface area contributed by atoms with Gasteiger partial charge in [0.25, 0.3) is 0 Å². The van der Waals surface area contributed by atoms with Crippen LogP contribution < -0.4 is 4.90 Å². The average Bonchev–Trinajstić information content (AvgIpc) is 2.46. The highest BCUT2D eigenvalue weighted by Gasteiger charge is 2.12. The van der Waals surface area contributed by atoms with Crippen LogP contribution in [0.1, 0.15) is 16.7 Å². The summed E-state index contributed by atoms with van der Waals surface area (Å²) in [6.07, 6.45) is 1.68. The molecular formula is C15H12N4. The first kappa shape index (κ1) is 12.6. The Morgan fingerprint density at radius 3 is 2.63 bits per heavy atom. The number of rotatable bonds is 2. The Kier molecular flexibility index (Phi) is 3.45. The van der Waals surface area contributed by atoms with Gasteiger partial charge in [-0.25, -0.2) is 4.98 Å². The van der Waals surface area contributed by atoms with Crippen LogP contribution >= 0.6 is 0 Å². The van der Waals surface area contributed by atoms with Gasteiger partial charge in [0.2, 0.25) is 0 Å². The molecule has 0 unspecified atom stereocenters. The van der Waals surface area contributed by atoms with Crippen LogP contribution in [0.25, 0.3) is 0 Å². The van der Waals surface area contributed by atoms with Gasteiger partial charge in [0.15, 0.2) is 5.82 Å². The highest BCUT2D eigenvalue weighted by Crippen LogP contribution is 2.26. The second-order valence-corrected chi connectivity index (χ2v) is 4.16. The fourth-order valence-electron chi connectivity index (χ4n) is 1.84. The first-order chi connectivity index (χ1) is 9.17. The van der Waals surface area contributed by atoms with E-state index < -0.39 is 0 Å². The molecule has 92 valence electrons.